The lowest BCUT2D eigenvalue weighted by molar-refractivity contribution is 0.0954. The number of methoxy groups -OCH3 is 1. The molecule has 33 heavy (non-hydrogen) atoms. The van der Waals surface area contributed by atoms with E-state index in [1.165, 1.54) is 5.56 Å². The molecule has 2 aromatic rings. The van der Waals surface area contributed by atoms with Crippen molar-refractivity contribution in [2.45, 2.75) is 38.4 Å². The van der Waals surface area contributed by atoms with Crippen LogP contribution < -0.4 is 20.7 Å². The topological polar surface area (TPSA) is 78.0 Å². The van der Waals surface area contributed by atoms with Crippen LogP contribution in [0.4, 0.5) is 0 Å². The summed E-state index contributed by atoms with van der Waals surface area (Å²) in [7, 11) is 3.37. The molecule has 0 saturated carbocycles. The summed E-state index contributed by atoms with van der Waals surface area (Å²) in [4.78, 5) is 19.2. The minimum absolute atomic E-state index is 0. The number of hydrogen-bond donors (Lipinski definition) is 3. The van der Waals surface area contributed by atoms with Crippen LogP contribution in [0.15, 0.2) is 59.6 Å². The first kappa shape index (κ1) is 26.9. The molecule has 0 bridgehead atoms. The third kappa shape index (κ3) is 8.51. The molecular weight excluding hydrogens is 529 g/mol. The Morgan fingerprint density at radius 2 is 1.88 bits per heavy atom. The Balaban J connectivity index is 0.00000385. The van der Waals surface area contributed by atoms with Crippen molar-refractivity contribution in [1.82, 2.24) is 20.9 Å². The average molecular weight is 566 g/mol. The zero-order valence-electron chi connectivity index (χ0n) is 19.7. The first-order valence-electron chi connectivity index (χ1n) is 11.3. The van der Waals surface area contributed by atoms with Crippen molar-refractivity contribution >= 4 is 35.8 Å². The van der Waals surface area contributed by atoms with Gasteiger partial charge in [-0.05, 0) is 43.5 Å². The van der Waals surface area contributed by atoms with Gasteiger partial charge in [0, 0.05) is 50.9 Å². The van der Waals surface area contributed by atoms with Crippen LogP contribution >= 0.6 is 24.0 Å². The van der Waals surface area contributed by atoms with Crippen LogP contribution in [0.1, 0.15) is 35.7 Å². The highest BCUT2D eigenvalue weighted by Gasteiger charge is 2.25. The maximum Gasteiger partial charge on any atom is 0.251 e. The second-order valence-electron chi connectivity index (χ2n) is 8.16. The van der Waals surface area contributed by atoms with Gasteiger partial charge in [-0.3, -0.25) is 14.7 Å². The van der Waals surface area contributed by atoms with Gasteiger partial charge in [-0.15, -0.1) is 24.0 Å². The molecule has 2 atom stereocenters. The number of guanidine groups is 1. The minimum atomic E-state index is -0.117. The summed E-state index contributed by atoms with van der Waals surface area (Å²) in [6.07, 6.45) is 2.14. The van der Waals surface area contributed by atoms with Crippen LogP contribution in [0.5, 0.6) is 5.75 Å². The van der Waals surface area contributed by atoms with Gasteiger partial charge in [0.15, 0.2) is 5.96 Å². The van der Waals surface area contributed by atoms with Gasteiger partial charge < -0.3 is 20.7 Å². The van der Waals surface area contributed by atoms with Crippen molar-refractivity contribution < 1.29 is 9.53 Å². The SMILES string of the molecule is CN=C(NCCNC(=O)c1cccc(OC)c1)NC1CCN(Cc2ccccc2)C(C)C1.I. The van der Waals surface area contributed by atoms with Gasteiger partial charge >= 0.3 is 0 Å². The summed E-state index contributed by atoms with van der Waals surface area (Å²) in [5, 5.41) is 9.76. The van der Waals surface area contributed by atoms with Crippen molar-refractivity contribution in [3.05, 3.63) is 65.7 Å². The number of carbonyl (C=O) groups excluding carboxylic acids is 1. The zero-order valence-corrected chi connectivity index (χ0v) is 22.0. The van der Waals surface area contributed by atoms with Gasteiger partial charge in [-0.1, -0.05) is 36.4 Å². The van der Waals surface area contributed by atoms with Crippen LogP contribution in [-0.4, -0.2) is 62.6 Å². The van der Waals surface area contributed by atoms with Gasteiger partial charge in [0.05, 0.1) is 7.11 Å². The second kappa shape index (κ2) is 14.0. The number of rotatable bonds is 8. The molecule has 1 saturated heterocycles. The second-order valence-corrected chi connectivity index (χ2v) is 8.16. The van der Waals surface area contributed by atoms with Crippen LogP contribution in [0.2, 0.25) is 0 Å². The molecule has 3 rings (SSSR count). The molecule has 0 aliphatic carbocycles. The Morgan fingerprint density at radius 1 is 1.12 bits per heavy atom. The highest BCUT2D eigenvalue weighted by Crippen LogP contribution is 2.20. The van der Waals surface area contributed by atoms with Crippen molar-refractivity contribution in [3.63, 3.8) is 0 Å². The number of amides is 1. The van der Waals surface area contributed by atoms with E-state index in [0.29, 0.717) is 36.5 Å². The fourth-order valence-electron chi connectivity index (χ4n) is 4.02. The molecule has 0 radical (unpaired) electrons. The smallest absolute Gasteiger partial charge is 0.251 e. The van der Waals surface area contributed by atoms with E-state index in [4.69, 9.17) is 4.74 Å². The predicted octanol–water partition coefficient (Wildman–Crippen LogP) is 3.26. The molecule has 1 aliphatic rings. The summed E-state index contributed by atoms with van der Waals surface area (Å²) in [5.41, 5.74) is 1.95. The Kier molecular flexibility index (Phi) is 11.5. The number of benzene rings is 2. The van der Waals surface area contributed by atoms with Crippen LogP contribution in [-0.2, 0) is 6.54 Å². The van der Waals surface area contributed by atoms with Crippen molar-refractivity contribution in [1.29, 1.82) is 0 Å². The van der Waals surface area contributed by atoms with E-state index in [1.54, 1.807) is 26.3 Å². The Hall–Kier alpha value is -2.33. The Morgan fingerprint density at radius 3 is 2.58 bits per heavy atom. The molecule has 0 aromatic heterocycles. The zero-order chi connectivity index (χ0) is 22.8. The molecular formula is C25H36IN5O2. The van der Waals surface area contributed by atoms with E-state index < -0.39 is 0 Å². The van der Waals surface area contributed by atoms with Crippen molar-refractivity contribution in [2.75, 3.05) is 33.8 Å². The van der Waals surface area contributed by atoms with E-state index in [-0.39, 0.29) is 29.9 Å². The maximum absolute atomic E-state index is 12.3. The molecule has 8 heteroatoms. The average Bonchev–Trinajstić information content (AvgIpc) is 2.83. The molecule has 7 nitrogen and oxygen atoms in total. The van der Waals surface area contributed by atoms with E-state index >= 15 is 0 Å². The van der Waals surface area contributed by atoms with Crippen LogP contribution in [0.3, 0.4) is 0 Å². The number of likely N-dealkylation sites (tertiary alicyclic amines) is 1. The lowest BCUT2D eigenvalue weighted by atomic mass is 9.97. The predicted molar refractivity (Wildman–Crippen MR) is 145 cm³/mol. The van der Waals surface area contributed by atoms with E-state index in [9.17, 15) is 4.79 Å². The van der Waals surface area contributed by atoms with Gasteiger partial charge in [0.2, 0.25) is 0 Å². The van der Waals surface area contributed by atoms with E-state index in [0.717, 1.165) is 31.9 Å². The van der Waals surface area contributed by atoms with Gasteiger partial charge in [-0.2, -0.15) is 0 Å². The van der Waals surface area contributed by atoms with Crippen LogP contribution in [0, 0.1) is 0 Å². The van der Waals surface area contributed by atoms with Crippen molar-refractivity contribution in [3.8, 4) is 5.75 Å². The number of nitrogens with one attached hydrogen (secondary N) is 3. The molecule has 1 amide bonds. The summed E-state index contributed by atoms with van der Waals surface area (Å²) < 4.78 is 5.17. The first-order valence-corrected chi connectivity index (χ1v) is 11.3. The number of hydrogen-bond acceptors (Lipinski definition) is 4. The molecule has 0 spiro atoms. The number of aliphatic imine (C=N–C) groups is 1. The summed E-state index contributed by atoms with van der Waals surface area (Å²) in [5.74, 6) is 1.33. The summed E-state index contributed by atoms with van der Waals surface area (Å²) in [6.45, 7) is 5.44. The number of nitrogens with zero attached hydrogens (tertiary/aromatic N) is 2. The highest BCUT2D eigenvalue weighted by molar-refractivity contribution is 14.0. The third-order valence-corrected chi connectivity index (χ3v) is 5.84. The normalized spacial score (nSPS) is 18.7. The highest BCUT2D eigenvalue weighted by atomic mass is 127. The Bertz CT molecular complexity index is 893. The molecule has 3 N–H and O–H groups in total. The molecule has 1 heterocycles. The summed E-state index contributed by atoms with van der Waals surface area (Å²) >= 11 is 0. The molecule has 1 fully saturated rings. The lowest BCUT2D eigenvalue weighted by Gasteiger charge is -2.38. The number of halogens is 1. The number of ether oxygens (including phenoxy) is 1. The van der Waals surface area contributed by atoms with E-state index in [2.05, 4.69) is 63.1 Å². The molecule has 2 unspecified atom stereocenters. The quantitative estimate of drug-likeness (QED) is 0.198. The number of piperidine rings is 1. The maximum atomic E-state index is 12.3. The van der Waals surface area contributed by atoms with Crippen LogP contribution in [0.25, 0.3) is 0 Å². The standard InChI is InChI=1S/C25H35N5O2.HI/c1-19-16-22(12-15-30(19)18-20-8-5-4-6-9-20)29-25(26-2)28-14-13-27-24(31)21-10-7-11-23(17-21)32-3;/h4-11,17,19,22H,12-16,18H2,1-3H3,(H,27,31)(H2,26,28,29);1H. The minimum Gasteiger partial charge on any atom is -0.497 e. The van der Waals surface area contributed by atoms with Gasteiger partial charge in [-0.25, -0.2) is 0 Å². The monoisotopic (exact) mass is 565 g/mol. The van der Waals surface area contributed by atoms with Gasteiger partial charge in [0.25, 0.3) is 5.91 Å². The fourth-order valence-corrected chi connectivity index (χ4v) is 4.02. The largest absolute Gasteiger partial charge is 0.497 e. The molecule has 180 valence electrons. The Labute approximate surface area is 214 Å². The van der Waals surface area contributed by atoms with E-state index in [1.807, 2.05) is 12.1 Å². The lowest BCUT2D eigenvalue weighted by Crippen LogP contribution is -2.52. The summed E-state index contributed by atoms with van der Waals surface area (Å²) in [6, 6.07) is 18.7. The first-order chi connectivity index (χ1) is 15.6. The van der Waals surface area contributed by atoms with Gasteiger partial charge in [0.1, 0.15) is 5.75 Å². The fraction of sp³-hybridized carbons (Fsp3) is 0.440. The number of carbonyl (C=O) groups is 1. The van der Waals surface area contributed by atoms with Crippen molar-refractivity contribution in [2.24, 2.45) is 4.99 Å². The third-order valence-electron chi connectivity index (χ3n) is 5.84. The molecule has 1 aliphatic heterocycles. The molecule has 2 aromatic carbocycles.